The summed E-state index contributed by atoms with van der Waals surface area (Å²) in [6.07, 6.45) is 6.30. The van der Waals surface area contributed by atoms with E-state index in [0.717, 1.165) is 22.0 Å². The largest absolute Gasteiger partial charge is 0.368 e. The highest BCUT2D eigenvalue weighted by molar-refractivity contribution is 7.99. The Labute approximate surface area is 141 Å². The summed E-state index contributed by atoms with van der Waals surface area (Å²) in [5.74, 6) is 1.05. The van der Waals surface area contributed by atoms with Crippen molar-refractivity contribution in [3.05, 3.63) is 42.0 Å². The maximum atomic E-state index is 6.09. The van der Waals surface area contributed by atoms with Gasteiger partial charge in [0, 0.05) is 10.8 Å². The Bertz CT molecular complexity index is 757. The molecular weight excluding hydrogens is 304 g/mol. The first-order valence-corrected chi connectivity index (χ1v) is 8.74. The summed E-state index contributed by atoms with van der Waals surface area (Å²) in [6, 6.07) is 4.28. The summed E-state index contributed by atoms with van der Waals surface area (Å²) >= 11 is 1.65. The van der Waals surface area contributed by atoms with Crippen LogP contribution >= 0.6 is 11.8 Å². The van der Waals surface area contributed by atoms with E-state index < -0.39 is 0 Å². The van der Waals surface area contributed by atoms with Gasteiger partial charge in [0.1, 0.15) is 0 Å². The third-order valence-electron chi connectivity index (χ3n) is 3.96. The Morgan fingerprint density at radius 2 is 1.91 bits per heavy atom. The fraction of sp³-hybridized carbons (Fsp3) is 0.333. The Morgan fingerprint density at radius 1 is 1.22 bits per heavy atom. The molecule has 1 saturated carbocycles. The quantitative estimate of drug-likeness (QED) is 0.793. The fourth-order valence-corrected chi connectivity index (χ4v) is 3.63. The zero-order valence-corrected chi connectivity index (χ0v) is 14.4. The molecule has 0 radical (unpaired) electrons. The van der Waals surface area contributed by atoms with Gasteiger partial charge in [0.2, 0.25) is 5.95 Å². The van der Waals surface area contributed by atoms with Crippen LogP contribution in [0.15, 0.2) is 30.4 Å². The van der Waals surface area contributed by atoms with Crippen LogP contribution in [0.3, 0.4) is 0 Å². The van der Waals surface area contributed by atoms with Crippen LogP contribution in [0.25, 0.3) is 17.8 Å². The lowest BCUT2D eigenvalue weighted by Crippen LogP contribution is -2.07. The third kappa shape index (κ3) is 2.93. The lowest BCUT2D eigenvalue weighted by atomic mass is 9.96. The number of hydrogen-bond donors (Lipinski definition) is 1. The van der Waals surface area contributed by atoms with Gasteiger partial charge < -0.3 is 5.73 Å². The molecule has 1 aromatic heterocycles. The maximum Gasteiger partial charge on any atom is 0.227 e. The second-order valence-corrected chi connectivity index (χ2v) is 7.57. The Balaban J connectivity index is 2.19. The first kappa shape index (κ1) is 15.9. The molecule has 1 aliphatic carbocycles. The third-order valence-corrected chi connectivity index (χ3v) is 4.91. The Kier molecular flexibility index (Phi) is 4.31. The number of rotatable bonds is 6. The van der Waals surface area contributed by atoms with Crippen LogP contribution in [-0.4, -0.2) is 20.0 Å². The molecule has 0 aliphatic heterocycles. The van der Waals surface area contributed by atoms with Crippen molar-refractivity contribution in [2.75, 3.05) is 5.73 Å². The van der Waals surface area contributed by atoms with Crippen LogP contribution in [0, 0.1) is 0 Å². The molecule has 5 heteroatoms. The molecule has 2 N–H and O–H groups in total. The average Bonchev–Trinajstić information content (AvgIpc) is 3.30. The first-order valence-electron chi connectivity index (χ1n) is 7.86. The van der Waals surface area contributed by atoms with Gasteiger partial charge in [-0.2, -0.15) is 0 Å². The molecule has 0 amide bonds. The van der Waals surface area contributed by atoms with Gasteiger partial charge in [0.15, 0.2) is 5.16 Å². The molecular formula is C18H22N4S. The van der Waals surface area contributed by atoms with Crippen molar-refractivity contribution in [2.45, 2.75) is 43.0 Å². The summed E-state index contributed by atoms with van der Waals surface area (Å²) in [7, 11) is 0. The number of nitrogens with two attached hydrogens (primary N) is 1. The summed E-state index contributed by atoms with van der Waals surface area (Å²) < 4.78 is 1.91. The molecule has 23 heavy (non-hydrogen) atoms. The van der Waals surface area contributed by atoms with Crippen LogP contribution in [0.4, 0.5) is 5.95 Å². The molecule has 0 spiro atoms. The summed E-state index contributed by atoms with van der Waals surface area (Å²) in [5, 5.41) is 9.48. The number of anilines is 1. The van der Waals surface area contributed by atoms with Crippen molar-refractivity contribution in [3.63, 3.8) is 0 Å². The zero-order valence-electron chi connectivity index (χ0n) is 13.6. The van der Waals surface area contributed by atoms with Crippen LogP contribution in [-0.2, 0) is 0 Å². The molecule has 3 rings (SSSR count). The molecule has 2 aromatic rings. The minimum atomic E-state index is 0.394. The minimum absolute atomic E-state index is 0.394. The smallest absolute Gasteiger partial charge is 0.227 e. The highest BCUT2D eigenvalue weighted by Gasteiger charge is 2.27. The van der Waals surface area contributed by atoms with E-state index in [-0.39, 0.29) is 0 Å². The molecule has 1 aliphatic rings. The van der Waals surface area contributed by atoms with Crippen molar-refractivity contribution < 1.29 is 0 Å². The normalized spacial score (nSPS) is 14.2. The van der Waals surface area contributed by atoms with E-state index in [1.165, 1.54) is 18.4 Å². The monoisotopic (exact) mass is 326 g/mol. The average molecular weight is 326 g/mol. The summed E-state index contributed by atoms with van der Waals surface area (Å²) in [4.78, 5) is 0. The molecule has 4 nitrogen and oxygen atoms in total. The van der Waals surface area contributed by atoms with Crippen LogP contribution in [0.5, 0.6) is 0 Å². The van der Waals surface area contributed by atoms with Crippen molar-refractivity contribution in [2.24, 2.45) is 0 Å². The fourth-order valence-electron chi connectivity index (χ4n) is 2.82. The molecule has 120 valence electrons. The number of benzene rings is 1. The molecule has 0 atom stereocenters. The summed E-state index contributed by atoms with van der Waals surface area (Å²) in [5.41, 5.74) is 10.6. The molecule has 1 aromatic carbocycles. The van der Waals surface area contributed by atoms with Gasteiger partial charge in [-0.3, -0.25) is 4.57 Å². The van der Waals surface area contributed by atoms with E-state index in [1.807, 2.05) is 16.7 Å². The van der Waals surface area contributed by atoms with Crippen molar-refractivity contribution in [1.82, 2.24) is 14.8 Å². The van der Waals surface area contributed by atoms with Crippen LogP contribution in [0.2, 0.25) is 0 Å². The van der Waals surface area contributed by atoms with E-state index in [9.17, 15) is 0 Å². The van der Waals surface area contributed by atoms with Crippen molar-refractivity contribution in [3.8, 4) is 5.69 Å². The highest BCUT2D eigenvalue weighted by Crippen LogP contribution is 2.44. The van der Waals surface area contributed by atoms with E-state index in [1.54, 1.807) is 11.8 Å². The first-order chi connectivity index (χ1) is 11.1. The lowest BCUT2D eigenvalue weighted by Gasteiger charge is -2.17. The summed E-state index contributed by atoms with van der Waals surface area (Å²) in [6.45, 7) is 12.3. The van der Waals surface area contributed by atoms with E-state index in [2.05, 4.69) is 49.3 Å². The second-order valence-electron chi connectivity index (χ2n) is 6.03. The topological polar surface area (TPSA) is 56.7 Å². The van der Waals surface area contributed by atoms with E-state index in [4.69, 9.17) is 5.73 Å². The molecule has 0 unspecified atom stereocenters. The van der Waals surface area contributed by atoms with Gasteiger partial charge in [-0.15, -0.1) is 10.2 Å². The molecule has 1 fully saturated rings. The second kappa shape index (κ2) is 6.24. The van der Waals surface area contributed by atoms with Gasteiger partial charge in [0.05, 0.1) is 5.69 Å². The van der Waals surface area contributed by atoms with Gasteiger partial charge in [-0.05, 0) is 36.0 Å². The van der Waals surface area contributed by atoms with E-state index >= 15 is 0 Å². The number of nitrogens with zero attached hydrogens (tertiary/aromatic N) is 3. The van der Waals surface area contributed by atoms with Gasteiger partial charge in [-0.1, -0.05) is 57.0 Å². The number of aromatic nitrogens is 3. The number of nitrogen functional groups attached to an aromatic ring is 1. The van der Waals surface area contributed by atoms with Crippen LogP contribution in [0.1, 0.15) is 49.3 Å². The van der Waals surface area contributed by atoms with Crippen molar-refractivity contribution >= 4 is 29.9 Å². The lowest BCUT2D eigenvalue weighted by molar-refractivity contribution is 0.877. The maximum absolute atomic E-state index is 6.09. The zero-order chi connectivity index (χ0) is 16.6. The standard InChI is InChI=1S/C18H22N4S/c1-5-13-14(6-2)16(10-9-15(13)12-7-8-12)22-17(19)20-21-18(22)23-11(3)4/h5-6,9-12H,1-2,7-8H2,3-4H3,(H2,19,20). The van der Waals surface area contributed by atoms with E-state index in [0.29, 0.717) is 17.1 Å². The van der Waals surface area contributed by atoms with Crippen LogP contribution < -0.4 is 5.73 Å². The predicted molar refractivity (Wildman–Crippen MR) is 98.9 cm³/mol. The minimum Gasteiger partial charge on any atom is -0.368 e. The molecule has 0 bridgehead atoms. The Hall–Kier alpha value is -2.01. The molecule has 0 saturated heterocycles. The molecule has 1 heterocycles. The van der Waals surface area contributed by atoms with Gasteiger partial charge in [-0.25, -0.2) is 0 Å². The highest BCUT2D eigenvalue weighted by atomic mass is 32.2. The van der Waals surface area contributed by atoms with Crippen molar-refractivity contribution in [1.29, 1.82) is 0 Å². The SMILES string of the molecule is C=Cc1c(C2CC2)ccc(-n2c(N)nnc2SC(C)C)c1C=C. The van der Waals surface area contributed by atoms with Gasteiger partial charge in [0.25, 0.3) is 0 Å². The predicted octanol–water partition coefficient (Wildman–Crippen LogP) is 4.51. The number of thioether (sulfide) groups is 1. The Morgan fingerprint density at radius 3 is 2.48 bits per heavy atom. The van der Waals surface area contributed by atoms with Gasteiger partial charge >= 0.3 is 0 Å². The number of hydrogen-bond acceptors (Lipinski definition) is 4.